The van der Waals surface area contributed by atoms with E-state index < -0.39 is 35.5 Å². The van der Waals surface area contributed by atoms with Gasteiger partial charge in [0.25, 0.3) is 5.91 Å². The van der Waals surface area contributed by atoms with Gasteiger partial charge in [-0.3, -0.25) is 19.2 Å². The number of carbonyl (C=O) groups is 4. The largest absolute Gasteiger partial charge is 0.368 e. The Morgan fingerprint density at radius 2 is 1.88 bits per heavy atom. The van der Waals surface area contributed by atoms with E-state index in [-0.39, 0.29) is 30.7 Å². The number of carbonyl (C=O) groups excluding carboxylic acids is 4. The summed E-state index contributed by atoms with van der Waals surface area (Å²) in [5, 5.41) is 2.78. The third-order valence-electron chi connectivity index (χ3n) is 6.16. The van der Waals surface area contributed by atoms with Crippen molar-refractivity contribution in [1.82, 2.24) is 15.1 Å². The molecule has 33 heavy (non-hydrogen) atoms. The van der Waals surface area contributed by atoms with E-state index in [1.54, 1.807) is 6.92 Å². The molecule has 4 amide bonds. The number of benzene rings is 1. The molecule has 0 radical (unpaired) electrons. The average molecular weight is 457 g/mol. The Balaban J connectivity index is 1.95. The monoisotopic (exact) mass is 456 g/mol. The van der Waals surface area contributed by atoms with Crippen molar-refractivity contribution < 1.29 is 19.2 Å². The van der Waals surface area contributed by atoms with Crippen molar-refractivity contribution in [3.63, 3.8) is 0 Å². The summed E-state index contributed by atoms with van der Waals surface area (Å²) < 4.78 is 0. The minimum atomic E-state index is -1.31. The van der Waals surface area contributed by atoms with Crippen LogP contribution in [0.5, 0.6) is 0 Å². The summed E-state index contributed by atoms with van der Waals surface area (Å²) >= 11 is 0. The highest BCUT2D eigenvalue weighted by atomic mass is 16.2. The van der Waals surface area contributed by atoms with Gasteiger partial charge in [-0.15, -0.1) is 0 Å². The Bertz CT molecular complexity index is 976. The number of rotatable bonds is 7. The Hall–Kier alpha value is -3.27. The molecule has 2 heterocycles. The van der Waals surface area contributed by atoms with E-state index in [9.17, 15) is 19.2 Å². The molecule has 2 unspecified atom stereocenters. The number of amidine groups is 1. The highest BCUT2D eigenvalue weighted by Gasteiger charge is 2.56. The van der Waals surface area contributed by atoms with E-state index in [1.807, 2.05) is 44.2 Å². The van der Waals surface area contributed by atoms with Gasteiger partial charge in [0.05, 0.1) is 12.6 Å². The fourth-order valence-corrected chi connectivity index (χ4v) is 4.40. The van der Waals surface area contributed by atoms with Crippen LogP contribution in [0.2, 0.25) is 0 Å². The van der Waals surface area contributed by atoms with Crippen LogP contribution in [-0.4, -0.2) is 76.5 Å². The molecule has 178 valence electrons. The maximum atomic E-state index is 13.7. The first-order valence-corrected chi connectivity index (χ1v) is 11.1. The first-order valence-electron chi connectivity index (χ1n) is 11.1. The number of likely N-dealkylation sites (tertiary alicyclic amines) is 1. The van der Waals surface area contributed by atoms with Crippen LogP contribution in [0.3, 0.4) is 0 Å². The van der Waals surface area contributed by atoms with Gasteiger partial charge in [0, 0.05) is 19.0 Å². The summed E-state index contributed by atoms with van der Waals surface area (Å²) in [4.78, 5) is 58.8. The minimum absolute atomic E-state index is 0.0183. The number of nitrogens with two attached hydrogens (primary N) is 2. The molecule has 2 aliphatic heterocycles. The second kappa shape index (κ2) is 9.30. The topological polar surface area (TPSA) is 151 Å². The lowest BCUT2D eigenvalue weighted by molar-refractivity contribution is -0.148. The molecular formula is C23H32N6O4. The van der Waals surface area contributed by atoms with Crippen LogP contribution in [0.25, 0.3) is 0 Å². The van der Waals surface area contributed by atoms with Gasteiger partial charge < -0.3 is 26.6 Å². The molecule has 2 aliphatic rings. The number of amides is 4. The predicted octanol–water partition coefficient (Wildman–Crippen LogP) is -0.392. The number of likely N-dealkylation sites (N-methyl/N-ethyl adjacent to an activating group) is 1. The van der Waals surface area contributed by atoms with E-state index >= 15 is 0 Å². The van der Waals surface area contributed by atoms with Crippen LogP contribution < -0.4 is 16.8 Å². The van der Waals surface area contributed by atoms with Gasteiger partial charge >= 0.3 is 0 Å². The summed E-state index contributed by atoms with van der Waals surface area (Å²) in [5.41, 5.74) is 10.8. The Kier molecular flexibility index (Phi) is 6.87. The summed E-state index contributed by atoms with van der Waals surface area (Å²) in [7, 11) is 1.52. The van der Waals surface area contributed by atoms with Gasteiger partial charge in [-0.05, 0) is 19.3 Å². The zero-order chi connectivity index (χ0) is 24.5. The lowest BCUT2D eigenvalue weighted by Gasteiger charge is -2.34. The molecule has 1 spiro atoms. The van der Waals surface area contributed by atoms with Crippen LogP contribution in [-0.2, 0) is 19.2 Å². The molecule has 1 saturated heterocycles. The molecule has 10 heteroatoms. The summed E-state index contributed by atoms with van der Waals surface area (Å²) in [6.45, 7) is 5.32. The maximum absolute atomic E-state index is 13.7. The van der Waals surface area contributed by atoms with Gasteiger partial charge in [-0.25, -0.2) is 4.99 Å². The number of hydrogen-bond acceptors (Lipinski definition) is 6. The van der Waals surface area contributed by atoms with Crippen molar-refractivity contribution >= 4 is 29.5 Å². The predicted molar refractivity (Wildman–Crippen MR) is 123 cm³/mol. The lowest BCUT2D eigenvalue weighted by Crippen LogP contribution is -2.56. The van der Waals surface area contributed by atoms with Crippen molar-refractivity contribution in [2.75, 3.05) is 13.6 Å². The van der Waals surface area contributed by atoms with E-state index in [2.05, 4.69) is 10.3 Å². The van der Waals surface area contributed by atoms with Gasteiger partial charge in [-0.1, -0.05) is 44.2 Å². The molecule has 0 aliphatic carbocycles. The van der Waals surface area contributed by atoms with Gasteiger partial charge in [-0.2, -0.15) is 0 Å². The molecule has 0 bridgehead atoms. The summed E-state index contributed by atoms with van der Waals surface area (Å²) in [6, 6.07) is 6.49. The molecule has 1 fully saturated rings. The second-order valence-electron chi connectivity index (χ2n) is 9.28. The van der Waals surface area contributed by atoms with E-state index in [0.29, 0.717) is 12.3 Å². The standard InChI is InChI=1S/C23H32N6O4/c1-13(2)10-16(28(4)20(31)14(3)24)21(32)29-12-23(11-17(29)18(25)30)22(33)26-19(27-23)15-8-6-5-7-9-15/h5-9,13-14,16-17H,10-12,24H2,1-4H3,(H2,25,30)(H,26,27,33)/t14?,16?,17-,23+/m0/s1. The first-order chi connectivity index (χ1) is 15.5. The highest BCUT2D eigenvalue weighted by Crippen LogP contribution is 2.35. The highest BCUT2D eigenvalue weighted by molar-refractivity contribution is 6.16. The number of nitrogens with one attached hydrogen (secondary N) is 1. The Morgan fingerprint density at radius 3 is 2.42 bits per heavy atom. The van der Waals surface area contributed by atoms with E-state index in [0.717, 1.165) is 5.56 Å². The van der Waals surface area contributed by atoms with Crippen molar-refractivity contribution in [3.8, 4) is 0 Å². The van der Waals surface area contributed by atoms with Crippen molar-refractivity contribution in [2.45, 2.75) is 57.3 Å². The van der Waals surface area contributed by atoms with Crippen LogP contribution in [0.4, 0.5) is 0 Å². The number of primary amides is 1. The molecule has 3 rings (SSSR count). The van der Waals surface area contributed by atoms with Crippen LogP contribution in [0, 0.1) is 5.92 Å². The average Bonchev–Trinajstić information content (AvgIpc) is 3.32. The van der Waals surface area contributed by atoms with Crippen molar-refractivity contribution in [2.24, 2.45) is 22.4 Å². The number of nitrogens with zero attached hydrogens (tertiary/aromatic N) is 3. The van der Waals surface area contributed by atoms with Crippen LogP contribution in [0.15, 0.2) is 35.3 Å². The Morgan fingerprint density at radius 1 is 1.24 bits per heavy atom. The smallest absolute Gasteiger partial charge is 0.255 e. The van der Waals surface area contributed by atoms with Gasteiger partial charge in [0.15, 0.2) is 5.54 Å². The molecular weight excluding hydrogens is 424 g/mol. The van der Waals surface area contributed by atoms with Gasteiger partial charge in [0.1, 0.15) is 17.9 Å². The summed E-state index contributed by atoms with van der Waals surface area (Å²) in [5.74, 6) is -1.47. The molecule has 10 nitrogen and oxygen atoms in total. The summed E-state index contributed by atoms with van der Waals surface area (Å²) in [6.07, 6.45) is 0.350. The zero-order valence-corrected chi connectivity index (χ0v) is 19.4. The minimum Gasteiger partial charge on any atom is -0.368 e. The third-order valence-corrected chi connectivity index (χ3v) is 6.16. The SMILES string of the molecule is CC(C)CC(C(=O)N1C[C@@]2(C[C@H]1C(N)=O)N=C(c1ccccc1)NC2=O)N(C)C(=O)C(C)N. The maximum Gasteiger partial charge on any atom is 0.255 e. The first kappa shape index (κ1) is 24.4. The molecule has 1 aromatic rings. The third kappa shape index (κ3) is 4.75. The fraction of sp³-hybridized carbons (Fsp3) is 0.522. The van der Waals surface area contributed by atoms with Gasteiger partial charge in [0.2, 0.25) is 17.7 Å². The normalized spacial score (nSPS) is 23.9. The molecule has 5 N–H and O–H groups in total. The molecule has 0 saturated carbocycles. The zero-order valence-electron chi connectivity index (χ0n) is 19.4. The number of hydrogen-bond donors (Lipinski definition) is 3. The Labute approximate surface area is 193 Å². The lowest BCUT2D eigenvalue weighted by atomic mass is 9.96. The van der Waals surface area contributed by atoms with Crippen LogP contribution >= 0.6 is 0 Å². The molecule has 4 atom stereocenters. The van der Waals surface area contributed by atoms with Crippen molar-refractivity contribution in [3.05, 3.63) is 35.9 Å². The molecule has 1 aromatic carbocycles. The molecule has 0 aromatic heterocycles. The quantitative estimate of drug-likeness (QED) is 0.510. The van der Waals surface area contributed by atoms with E-state index in [1.165, 1.54) is 16.8 Å². The number of aliphatic imine (C=N–C) groups is 1. The van der Waals surface area contributed by atoms with Crippen LogP contribution in [0.1, 0.15) is 39.2 Å². The van der Waals surface area contributed by atoms with E-state index in [4.69, 9.17) is 11.5 Å². The van der Waals surface area contributed by atoms with Crippen molar-refractivity contribution in [1.29, 1.82) is 0 Å². The second-order valence-corrected chi connectivity index (χ2v) is 9.28. The fourth-order valence-electron chi connectivity index (χ4n) is 4.40.